The van der Waals surface area contributed by atoms with Gasteiger partial charge in [-0.05, 0) is 36.2 Å². The zero-order valence-electron chi connectivity index (χ0n) is 13.2. The van der Waals surface area contributed by atoms with Gasteiger partial charge in [-0.1, -0.05) is 24.3 Å². The molecule has 0 saturated heterocycles. The molecule has 1 atom stereocenters. The van der Waals surface area contributed by atoms with Gasteiger partial charge in [0.2, 0.25) is 0 Å². The van der Waals surface area contributed by atoms with E-state index in [1.54, 1.807) is 24.5 Å². The van der Waals surface area contributed by atoms with Gasteiger partial charge in [-0.15, -0.1) is 0 Å². The summed E-state index contributed by atoms with van der Waals surface area (Å²) in [6.07, 6.45) is -0.475. The highest BCUT2D eigenvalue weighted by atomic mass is 19.4. The minimum absolute atomic E-state index is 0.0357. The van der Waals surface area contributed by atoms with Gasteiger partial charge in [0.1, 0.15) is 5.75 Å². The first-order valence-corrected chi connectivity index (χ1v) is 7.97. The molecule has 0 radical (unpaired) electrons. The number of alkyl halides is 3. The summed E-state index contributed by atoms with van der Waals surface area (Å²) < 4.78 is 46.7. The largest absolute Gasteiger partial charge is 0.493 e. The zero-order valence-corrected chi connectivity index (χ0v) is 13.2. The summed E-state index contributed by atoms with van der Waals surface area (Å²) in [5.74, 6) is 0.747. The fourth-order valence-corrected chi connectivity index (χ4v) is 3.29. The normalized spacial score (nSPS) is 17.0. The number of halogens is 3. The van der Waals surface area contributed by atoms with Gasteiger partial charge in [-0.25, -0.2) is 4.68 Å². The topological polar surface area (TPSA) is 27.1 Å². The van der Waals surface area contributed by atoms with Gasteiger partial charge in [0.25, 0.3) is 0 Å². The van der Waals surface area contributed by atoms with E-state index in [9.17, 15) is 13.2 Å². The third-order valence-electron chi connectivity index (χ3n) is 4.44. The molecule has 0 spiro atoms. The number of aromatic nitrogens is 2. The molecule has 4 rings (SSSR count). The van der Waals surface area contributed by atoms with Crippen molar-refractivity contribution in [1.82, 2.24) is 9.78 Å². The van der Waals surface area contributed by atoms with Crippen molar-refractivity contribution in [2.75, 3.05) is 6.61 Å². The molecule has 1 unspecified atom stereocenters. The predicted molar refractivity (Wildman–Crippen MR) is 87.0 cm³/mol. The summed E-state index contributed by atoms with van der Waals surface area (Å²) in [4.78, 5) is 0. The molecule has 2 heterocycles. The Bertz CT molecular complexity index is 888. The number of hydrogen-bond donors (Lipinski definition) is 0. The predicted octanol–water partition coefficient (Wildman–Crippen LogP) is 4.81. The molecule has 0 fully saturated rings. The molecular formula is C19H15F3N2O. The van der Waals surface area contributed by atoms with E-state index < -0.39 is 11.7 Å². The van der Waals surface area contributed by atoms with E-state index in [4.69, 9.17) is 4.74 Å². The molecule has 1 aliphatic rings. The Kier molecular flexibility index (Phi) is 3.75. The number of hydrogen-bond acceptors (Lipinski definition) is 2. The molecule has 3 nitrogen and oxygen atoms in total. The van der Waals surface area contributed by atoms with Gasteiger partial charge < -0.3 is 4.74 Å². The van der Waals surface area contributed by atoms with Crippen LogP contribution in [0.5, 0.6) is 5.75 Å². The number of nitrogens with zero attached hydrogens (tertiary/aromatic N) is 2. The third kappa shape index (κ3) is 2.88. The molecule has 0 amide bonds. The van der Waals surface area contributed by atoms with E-state index in [1.165, 1.54) is 10.7 Å². The van der Waals surface area contributed by atoms with Crippen molar-refractivity contribution in [3.05, 3.63) is 77.6 Å². The Labute approximate surface area is 142 Å². The maximum absolute atomic E-state index is 13.2. The first-order chi connectivity index (χ1) is 12.0. The van der Waals surface area contributed by atoms with Crippen molar-refractivity contribution in [3.8, 4) is 11.4 Å². The van der Waals surface area contributed by atoms with Crippen LogP contribution >= 0.6 is 0 Å². The van der Waals surface area contributed by atoms with E-state index >= 15 is 0 Å². The van der Waals surface area contributed by atoms with Gasteiger partial charge in [-0.2, -0.15) is 18.3 Å². The molecule has 0 bridgehead atoms. The summed E-state index contributed by atoms with van der Waals surface area (Å²) >= 11 is 0. The fraction of sp³-hybridized carbons (Fsp3) is 0.211. The number of para-hydroxylation sites is 1. The molecule has 0 saturated carbocycles. The van der Waals surface area contributed by atoms with Crippen LogP contribution in [-0.2, 0) is 6.18 Å². The molecule has 3 aromatic rings. The van der Waals surface area contributed by atoms with E-state index in [1.807, 2.05) is 24.3 Å². The molecule has 0 aliphatic carbocycles. The lowest BCUT2D eigenvalue weighted by molar-refractivity contribution is -0.137. The number of benzene rings is 2. The lowest BCUT2D eigenvalue weighted by atomic mass is 9.85. The molecule has 1 aliphatic heterocycles. The van der Waals surface area contributed by atoms with E-state index in [0.29, 0.717) is 18.7 Å². The maximum Gasteiger partial charge on any atom is 0.416 e. The van der Waals surface area contributed by atoms with Crippen LogP contribution in [0, 0.1) is 0 Å². The Hall–Kier alpha value is -2.76. The van der Waals surface area contributed by atoms with Crippen molar-refractivity contribution >= 4 is 0 Å². The Morgan fingerprint density at radius 1 is 1.04 bits per heavy atom. The van der Waals surface area contributed by atoms with Gasteiger partial charge in [0, 0.05) is 23.9 Å². The van der Waals surface area contributed by atoms with E-state index in [0.717, 1.165) is 22.9 Å². The van der Waals surface area contributed by atoms with Crippen LogP contribution in [0.1, 0.15) is 29.0 Å². The summed E-state index contributed by atoms with van der Waals surface area (Å²) in [5.41, 5.74) is 1.57. The molecule has 2 aromatic carbocycles. The van der Waals surface area contributed by atoms with Gasteiger partial charge in [0.05, 0.1) is 17.9 Å². The maximum atomic E-state index is 13.2. The smallest absolute Gasteiger partial charge is 0.416 e. The molecule has 25 heavy (non-hydrogen) atoms. The van der Waals surface area contributed by atoms with Crippen molar-refractivity contribution in [3.63, 3.8) is 0 Å². The van der Waals surface area contributed by atoms with Crippen LogP contribution in [0.25, 0.3) is 5.69 Å². The monoisotopic (exact) mass is 344 g/mol. The van der Waals surface area contributed by atoms with Crippen LogP contribution in [0.4, 0.5) is 13.2 Å². The summed E-state index contributed by atoms with van der Waals surface area (Å²) in [5, 5.41) is 4.14. The summed E-state index contributed by atoms with van der Waals surface area (Å²) in [6, 6.07) is 13.2. The zero-order chi connectivity index (χ0) is 17.4. The fourth-order valence-electron chi connectivity index (χ4n) is 3.29. The Morgan fingerprint density at radius 3 is 2.64 bits per heavy atom. The molecule has 6 heteroatoms. The van der Waals surface area contributed by atoms with Crippen LogP contribution in [-0.4, -0.2) is 16.4 Å². The summed E-state index contributed by atoms with van der Waals surface area (Å²) in [7, 11) is 0. The Morgan fingerprint density at radius 2 is 1.88 bits per heavy atom. The van der Waals surface area contributed by atoms with Gasteiger partial charge >= 0.3 is 6.18 Å². The standard InChI is InChI=1S/C19H15F3N2O/c20-19(21,22)13-6-7-15(17(12-13)24-10-3-9-23-24)14-8-11-25-18-5-2-1-4-16(14)18/h1-7,9-10,12,14H,8,11H2. The van der Waals surface area contributed by atoms with Crippen molar-refractivity contribution < 1.29 is 17.9 Å². The van der Waals surface area contributed by atoms with Crippen LogP contribution in [0.3, 0.4) is 0 Å². The first-order valence-electron chi connectivity index (χ1n) is 7.97. The molecule has 1 aromatic heterocycles. The van der Waals surface area contributed by atoms with Crippen LogP contribution < -0.4 is 4.74 Å². The first kappa shape index (κ1) is 15.7. The number of rotatable bonds is 2. The average molecular weight is 344 g/mol. The average Bonchev–Trinajstić information content (AvgIpc) is 3.14. The lowest BCUT2D eigenvalue weighted by Crippen LogP contribution is -2.17. The number of ether oxygens (including phenoxy) is 1. The second kappa shape index (κ2) is 5.95. The second-order valence-corrected chi connectivity index (χ2v) is 5.95. The van der Waals surface area contributed by atoms with Crippen LogP contribution in [0.15, 0.2) is 60.9 Å². The van der Waals surface area contributed by atoms with Crippen molar-refractivity contribution in [2.45, 2.75) is 18.5 Å². The number of fused-ring (bicyclic) bond motifs is 1. The molecule has 128 valence electrons. The minimum atomic E-state index is -4.39. The highest BCUT2D eigenvalue weighted by molar-refractivity contribution is 5.52. The summed E-state index contributed by atoms with van der Waals surface area (Å²) in [6.45, 7) is 0.529. The minimum Gasteiger partial charge on any atom is -0.493 e. The Balaban J connectivity index is 1.88. The SMILES string of the molecule is FC(F)(F)c1ccc(C2CCOc3ccccc32)c(-n2cccn2)c1. The second-order valence-electron chi connectivity index (χ2n) is 5.95. The van der Waals surface area contributed by atoms with Crippen LogP contribution in [0.2, 0.25) is 0 Å². The van der Waals surface area contributed by atoms with E-state index in [-0.39, 0.29) is 5.92 Å². The third-order valence-corrected chi connectivity index (χ3v) is 4.44. The molecule has 0 N–H and O–H groups in total. The van der Waals surface area contributed by atoms with E-state index in [2.05, 4.69) is 5.10 Å². The highest BCUT2D eigenvalue weighted by Gasteiger charge is 2.33. The van der Waals surface area contributed by atoms with Crippen molar-refractivity contribution in [1.29, 1.82) is 0 Å². The quantitative estimate of drug-likeness (QED) is 0.667. The van der Waals surface area contributed by atoms with Gasteiger partial charge in [-0.3, -0.25) is 0 Å². The molecular weight excluding hydrogens is 329 g/mol. The highest BCUT2D eigenvalue weighted by Crippen LogP contribution is 2.41. The van der Waals surface area contributed by atoms with Gasteiger partial charge in [0.15, 0.2) is 0 Å². The lowest BCUT2D eigenvalue weighted by Gasteiger charge is -2.28. The van der Waals surface area contributed by atoms with Crippen molar-refractivity contribution in [2.24, 2.45) is 0 Å².